The van der Waals surface area contributed by atoms with E-state index in [1.807, 2.05) is 0 Å². The number of nitro benzene ring substituents is 1. The number of carbonyl (C=O) groups excluding carboxylic acids is 3. The van der Waals surface area contributed by atoms with Gasteiger partial charge in [0.05, 0.1) is 16.5 Å². The zero-order chi connectivity index (χ0) is 20.3. The molecule has 0 radical (unpaired) electrons. The van der Waals surface area contributed by atoms with Gasteiger partial charge in [-0.2, -0.15) is 0 Å². The number of amides is 1. The summed E-state index contributed by atoms with van der Waals surface area (Å²) in [6.07, 6.45) is -0.0866. The molecule has 1 aliphatic heterocycles. The molecule has 0 bridgehead atoms. The van der Waals surface area contributed by atoms with Gasteiger partial charge >= 0.3 is 5.97 Å². The van der Waals surface area contributed by atoms with E-state index in [0.29, 0.717) is 16.3 Å². The first-order chi connectivity index (χ1) is 13.3. The normalized spacial score (nSPS) is 16.1. The molecule has 28 heavy (non-hydrogen) atoms. The van der Waals surface area contributed by atoms with Gasteiger partial charge in [0.15, 0.2) is 12.4 Å². The number of ketones is 1. The molecule has 0 aromatic heterocycles. The van der Waals surface area contributed by atoms with Crippen molar-refractivity contribution in [2.45, 2.75) is 6.42 Å². The Labute approximate surface area is 164 Å². The number of carbonyl (C=O) groups is 3. The predicted molar refractivity (Wildman–Crippen MR) is 100 cm³/mol. The molecule has 0 saturated carbocycles. The van der Waals surface area contributed by atoms with Crippen LogP contribution in [0, 0.1) is 16.0 Å². The Morgan fingerprint density at radius 2 is 1.93 bits per heavy atom. The second-order valence-corrected chi connectivity index (χ2v) is 6.66. The Kier molecular flexibility index (Phi) is 5.70. The molecule has 1 aliphatic rings. The third-order valence-electron chi connectivity index (χ3n) is 4.32. The van der Waals surface area contributed by atoms with Crippen molar-refractivity contribution in [3.05, 3.63) is 69.2 Å². The lowest BCUT2D eigenvalue weighted by Gasteiger charge is -2.16. The van der Waals surface area contributed by atoms with E-state index < -0.39 is 23.4 Å². The molecular weight excluding hydrogens is 388 g/mol. The summed E-state index contributed by atoms with van der Waals surface area (Å²) < 4.78 is 5.06. The van der Waals surface area contributed by atoms with Gasteiger partial charge in [0.25, 0.3) is 5.69 Å². The number of ether oxygens (including phenoxy) is 1. The van der Waals surface area contributed by atoms with E-state index in [1.54, 1.807) is 18.2 Å². The first kappa shape index (κ1) is 19.5. The largest absolute Gasteiger partial charge is 0.457 e. The molecule has 0 N–H and O–H groups in total. The summed E-state index contributed by atoms with van der Waals surface area (Å²) in [4.78, 5) is 48.2. The van der Waals surface area contributed by atoms with Crippen LogP contribution in [0.25, 0.3) is 0 Å². The Balaban J connectivity index is 1.60. The number of halogens is 1. The SMILES string of the molecule is O=C(COC(=O)[C@H]1CC(=O)N(c2cccc([N+](=O)[O-])c2)C1)c1ccc(Cl)cc1. The van der Waals surface area contributed by atoms with Crippen molar-refractivity contribution in [2.24, 2.45) is 5.92 Å². The van der Waals surface area contributed by atoms with E-state index in [4.69, 9.17) is 16.3 Å². The van der Waals surface area contributed by atoms with Gasteiger partial charge in [0.1, 0.15) is 0 Å². The lowest BCUT2D eigenvalue weighted by molar-refractivity contribution is -0.384. The smallest absolute Gasteiger partial charge is 0.311 e. The Morgan fingerprint density at radius 1 is 1.21 bits per heavy atom. The van der Waals surface area contributed by atoms with Crippen LogP contribution in [-0.2, 0) is 14.3 Å². The summed E-state index contributed by atoms with van der Waals surface area (Å²) in [5, 5.41) is 11.4. The zero-order valence-corrected chi connectivity index (χ0v) is 15.3. The lowest BCUT2D eigenvalue weighted by Crippen LogP contribution is -2.27. The summed E-state index contributed by atoms with van der Waals surface area (Å²) >= 11 is 5.76. The lowest BCUT2D eigenvalue weighted by atomic mass is 10.1. The summed E-state index contributed by atoms with van der Waals surface area (Å²) in [5.74, 6) is -2.13. The molecule has 144 valence electrons. The fraction of sp³-hybridized carbons (Fsp3) is 0.211. The predicted octanol–water partition coefficient (Wildman–Crippen LogP) is 3.03. The van der Waals surface area contributed by atoms with Crippen molar-refractivity contribution in [2.75, 3.05) is 18.1 Å². The molecule has 1 fully saturated rings. The summed E-state index contributed by atoms with van der Waals surface area (Å²) in [6, 6.07) is 11.8. The minimum Gasteiger partial charge on any atom is -0.457 e. The maximum Gasteiger partial charge on any atom is 0.311 e. The van der Waals surface area contributed by atoms with Crippen LogP contribution in [0.4, 0.5) is 11.4 Å². The maximum atomic E-state index is 12.3. The highest BCUT2D eigenvalue weighted by molar-refractivity contribution is 6.30. The van der Waals surface area contributed by atoms with Gasteiger partial charge in [-0.05, 0) is 30.3 Å². The standard InChI is InChI=1S/C19H15ClN2O6/c20-14-6-4-12(5-7-14)17(23)11-28-19(25)13-8-18(24)21(10-13)15-2-1-3-16(9-15)22(26)27/h1-7,9,13H,8,10-11H2/t13-/m0/s1. The average molecular weight is 403 g/mol. The third kappa shape index (κ3) is 4.34. The van der Waals surface area contributed by atoms with Gasteiger partial charge in [-0.25, -0.2) is 0 Å². The van der Waals surface area contributed by atoms with Crippen molar-refractivity contribution in [3.8, 4) is 0 Å². The molecule has 1 amide bonds. The first-order valence-electron chi connectivity index (χ1n) is 8.35. The molecule has 0 aliphatic carbocycles. The van der Waals surface area contributed by atoms with Crippen molar-refractivity contribution >= 4 is 40.6 Å². The summed E-state index contributed by atoms with van der Waals surface area (Å²) in [5.41, 5.74) is 0.551. The van der Waals surface area contributed by atoms with Crippen LogP contribution in [0.15, 0.2) is 48.5 Å². The van der Waals surface area contributed by atoms with Crippen molar-refractivity contribution < 1.29 is 24.0 Å². The number of hydrogen-bond donors (Lipinski definition) is 0. The molecule has 0 spiro atoms. The minimum atomic E-state index is -0.746. The third-order valence-corrected chi connectivity index (χ3v) is 4.57. The minimum absolute atomic E-state index is 0.0357. The van der Waals surface area contributed by atoms with E-state index in [0.717, 1.165) is 0 Å². The molecule has 9 heteroatoms. The van der Waals surface area contributed by atoms with E-state index in [2.05, 4.69) is 0 Å². The fourth-order valence-corrected chi connectivity index (χ4v) is 2.99. The Hall–Kier alpha value is -3.26. The molecule has 1 heterocycles. The van der Waals surface area contributed by atoms with E-state index in [-0.39, 0.29) is 30.3 Å². The van der Waals surface area contributed by atoms with Crippen LogP contribution in [0.3, 0.4) is 0 Å². The quantitative estimate of drug-likeness (QED) is 0.318. The number of non-ortho nitro benzene ring substituents is 1. The van der Waals surface area contributed by atoms with Crippen LogP contribution >= 0.6 is 11.6 Å². The molecular formula is C19H15ClN2O6. The number of benzene rings is 2. The average Bonchev–Trinajstić information content (AvgIpc) is 3.08. The van der Waals surface area contributed by atoms with Gasteiger partial charge < -0.3 is 9.64 Å². The second-order valence-electron chi connectivity index (χ2n) is 6.22. The van der Waals surface area contributed by atoms with Gasteiger partial charge in [0.2, 0.25) is 5.91 Å². The molecule has 1 atom stereocenters. The number of anilines is 1. The van der Waals surface area contributed by atoms with Gasteiger partial charge in [0, 0.05) is 35.7 Å². The molecule has 3 rings (SSSR count). The number of hydrogen-bond acceptors (Lipinski definition) is 6. The molecule has 1 saturated heterocycles. The van der Waals surface area contributed by atoms with Crippen LogP contribution in [0.2, 0.25) is 5.02 Å². The van der Waals surface area contributed by atoms with Crippen molar-refractivity contribution in [1.82, 2.24) is 0 Å². The van der Waals surface area contributed by atoms with Crippen molar-refractivity contribution in [1.29, 1.82) is 0 Å². The zero-order valence-electron chi connectivity index (χ0n) is 14.5. The van der Waals surface area contributed by atoms with E-state index >= 15 is 0 Å². The molecule has 2 aromatic rings. The highest BCUT2D eigenvalue weighted by Crippen LogP contribution is 2.28. The highest BCUT2D eigenvalue weighted by atomic mass is 35.5. The van der Waals surface area contributed by atoms with Crippen LogP contribution in [0.1, 0.15) is 16.8 Å². The van der Waals surface area contributed by atoms with Gasteiger partial charge in [-0.3, -0.25) is 24.5 Å². The number of Topliss-reactive ketones (excluding diaryl/α,β-unsaturated/α-hetero) is 1. The van der Waals surface area contributed by atoms with E-state index in [1.165, 1.54) is 35.2 Å². The number of nitrogens with zero attached hydrogens (tertiary/aromatic N) is 2. The maximum absolute atomic E-state index is 12.3. The first-order valence-corrected chi connectivity index (χ1v) is 8.73. The molecule has 8 nitrogen and oxygen atoms in total. The van der Waals surface area contributed by atoms with Gasteiger partial charge in [-0.1, -0.05) is 17.7 Å². The molecule has 0 unspecified atom stereocenters. The van der Waals surface area contributed by atoms with Crippen LogP contribution < -0.4 is 4.90 Å². The topological polar surface area (TPSA) is 107 Å². The highest BCUT2D eigenvalue weighted by Gasteiger charge is 2.36. The Morgan fingerprint density at radius 3 is 2.61 bits per heavy atom. The second kappa shape index (κ2) is 8.18. The fourth-order valence-electron chi connectivity index (χ4n) is 2.86. The summed E-state index contributed by atoms with van der Waals surface area (Å²) in [6.45, 7) is -0.407. The van der Waals surface area contributed by atoms with Crippen LogP contribution in [-0.4, -0.2) is 35.7 Å². The number of nitro groups is 1. The monoisotopic (exact) mass is 402 g/mol. The van der Waals surface area contributed by atoms with Crippen molar-refractivity contribution in [3.63, 3.8) is 0 Å². The molecule has 2 aromatic carbocycles. The summed E-state index contributed by atoms with van der Waals surface area (Å²) in [7, 11) is 0. The number of rotatable bonds is 6. The van der Waals surface area contributed by atoms with E-state index in [9.17, 15) is 24.5 Å². The Bertz CT molecular complexity index is 944. The van der Waals surface area contributed by atoms with Gasteiger partial charge in [-0.15, -0.1) is 0 Å². The number of esters is 1. The van der Waals surface area contributed by atoms with Crippen LogP contribution in [0.5, 0.6) is 0 Å².